The van der Waals surface area contributed by atoms with Gasteiger partial charge in [0.2, 0.25) is 5.13 Å². The van der Waals surface area contributed by atoms with Crippen molar-refractivity contribution < 1.29 is 9.53 Å². The first-order chi connectivity index (χ1) is 14.5. The fourth-order valence-electron chi connectivity index (χ4n) is 3.64. The van der Waals surface area contributed by atoms with Gasteiger partial charge in [0.1, 0.15) is 0 Å². The van der Waals surface area contributed by atoms with E-state index < -0.39 is 0 Å². The predicted octanol–water partition coefficient (Wildman–Crippen LogP) is 5.16. The summed E-state index contributed by atoms with van der Waals surface area (Å²) in [6, 6.07) is 10.1. The molecule has 0 bridgehead atoms. The summed E-state index contributed by atoms with van der Waals surface area (Å²) in [5.74, 6) is 0.471. The molecule has 0 aliphatic carbocycles. The molecule has 158 valence electrons. The minimum Gasteiger partial charge on any atom is -0.376 e. The van der Waals surface area contributed by atoms with Crippen molar-refractivity contribution in [3.05, 3.63) is 52.8 Å². The maximum atomic E-state index is 12.8. The number of hydrogen-bond acceptors (Lipinski definition) is 7. The summed E-state index contributed by atoms with van der Waals surface area (Å²) >= 11 is 2.89. The number of nitrogens with zero attached hydrogens (tertiary/aromatic N) is 3. The lowest BCUT2D eigenvalue weighted by molar-refractivity contribution is 0.0957. The number of benzene rings is 1. The third-order valence-corrected chi connectivity index (χ3v) is 7.29. The molecule has 0 radical (unpaired) electrons. The lowest BCUT2D eigenvalue weighted by Gasteiger charge is -2.14. The molecule has 1 fully saturated rings. The van der Waals surface area contributed by atoms with Crippen LogP contribution in [-0.2, 0) is 11.3 Å². The molecule has 1 unspecified atom stereocenters. The molecular weight excluding hydrogens is 416 g/mol. The van der Waals surface area contributed by atoms with Crippen molar-refractivity contribution in [2.75, 3.05) is 17.7 Å². The van der Waals surface area contributed by atoms with E-state index in [1.807, 2.05) is 37.3 Å². The van der Waals surface area contributed by atoms with Crippen molar-refractivity contribution in [3.8, 4) is 0 Å². The summed E-state index contributed by atoms with van der Waals surface area (Å²) in [6.45, 7) is 7.80. The average molecular weight is 443 g/mol. The molecule has 3 aromatic rings. The number of nitrogens with one attached hydrogen (secondary N) is 1. The maximum absolute atomic E-state index is 12.8. The number of carbonyl (C=O) groups is 1. The number of anilines is 2. The number of hydrogen-bond donors (Lipinski definition) is 1. The van der Waals surface area contributed by atoms with Crippen LogP contribution >= 0.6 is 23.1 Å². The van der Waals surface area contributed by atoms with Crippen LogP contribution in [0.15, 0.2) is 34.7 Å². The minimum atomic E-state index is 0.120. The van der Waals surface area contributed by atoms with Gasteiger partial charge >= 0.3 is 0 Å². The minimum absolute atomic E-state index is 0.120. The molecule has 0 amide bonds. The van der Waals surface area contributed by atoms with Gasteiger partial charge in [-0.25, -0.2) is 0 Å². The predicted molar refractivity (Wildman–Crippen MR) is 122 cm³/mol. The Morgan fingerprint density at radius 1 is 1.27 bits per heavy atom. The van der Waals surface area contributed by atoms with Gasteiger partial charge in [-0.1, -0.05) is 40.8 Å². The summed E-state index contributed by atoms with van der Waals surface area (Å²) < 4.78 is 8.76. The highest BCUT2D eigenvalue weighted by Crippen LogP contribution is 2.29. The highest BCUT2D eigenvalue weighted by atomic mass is 32.2. The third-order valence-electron chi connectivity index (χ3n) is 5.32. The van der Waals surface area contributed by atoms with Crippen LogP contribution in [-0.4, -0.2) is 39.0 Å². The fourth-order valence-corrected chi connectivity index (χ4v) is 5.30. The molecule has 30 heavy (non-hydrogen) atoms. The Morgan fingerprint density at radius 2 is 2.07 bits per heavy atom. The van der Waals surface area contributed by atoms with Crippen LogP contribution in [0.3, 0.4) is 0 Å². The van der Waals surface area contributed by atoms with Crippen molar-refractivity contribution >= 4 is 39.7 Å². The SMILES string of the molecule is Cc1ccc(Nc2nnc(SCC(=O)c3cc(C)n(CC4CCCO4)c3C)s2)cc1. The molecule has 8 heteroatoms. The first-order valence-electron chi connectivity index (χ1n) is 10.1. The van der Waals surface area contributed by atoms with Crippen LogP contribution in [0.4, 0.5) is 10.8 Å². The van der Waals surface area contributed by atoms with Gasteiger partial charge in [-0.2, -0.15) is 0 Å². The van der Waals surface area contributed by atoms with Crippen molar-refractivity contribution in [2.45, 2.75) is 50.6 Å². The standard InChI is InChI=1S/C22H26N4O2S2/c1-14-6-8-17(9-7-14)23-21-24-25-22(30-21)29-13-20(27)19-11-15(2)26(16(19)3)12-18-5-4-10-28-18/h6-9,11,18H,4-5,10,12-13H2,1-3H3,(H,23,24). The van der Waals surface area contributed by atoms with Gasteiger partial charge in [-0.05, 0) is 51.8 Å². The first-order valence-corrected chi connectivity index (χ1v) is 11.9. The molecule has 1 saturated heterocycles. The maximum Gasteiger partial charge on any atom is 0.210 e. The molecule has 0 saturated carbocycles. The van der Waals surface area contributed by atoms with Gasteiger partial charge in [0, 0.05) is 35.8 Å². The van der Waals surface area contributed by atoms with Gasteiger partial charge in [0.05, 0.1) is 11.9 Å². The second-order valence-electron chi connectivity index (χ2n) is 7.61. The number of aryl methyl sites for hydroxylation is 2. The Morgan fingerprint density at radius 3 is 2.80 bits per heavy atom. The molecule has 2 aromatic heterocycles. The highest BCUT2D eigenvalue weighted by molar-refractivity contribution is 8.01. The third kappa shape index (κ3) is 4.94. The van der Waals surface area contributed by atoms with Crippen LogP contribution in [0.1, 0.15) is 40.2 Å². The molecule has 4 rings (SSSR count). The largest absolute Gasteiger partial charge is 0.376 e. The highest BCUT2D eigenvalue weighted by Gasteiger charge is 2.21. The zero-order valence-electron chi connectivity index (χ0n) is 17.5. The Balaban J connectivity index is 1.35. The summed E-state index contributed by atoms with van der Waals surface area (Å²) in [4.78, 5) is 12.8. The monoisotopic (exact) mass is 442 g/mol. The van der Waals surface area contributed by atoms with Crippen LogP contribution in [0, 0.1) is 20.8 Å². The van der Waals surface area contributed by atoms with Crippen LogP contribution in [0.2, 0.25) is 0 Å². The Bertz CT molecular complexity index is 1020. The number of ketones is 1. The van der Waals surface area contributed by atoms with Crippen molar-refractivity contribution in [3.63, 3.8) is 0 Å². The second kappa shape index (κ2) is 9.32. The topological polar surface area (TPSA) is 69.0 Å². The molecule has 0 spiro atoms. The van der Waals surface area contributed by atoms with Gasteiger partial charge in [0.15, 0.2) is 10.1 Å². The number of rotatable bonds is 8. The summed E-state index contributed by atoms with van der Waals surface area (Å²) in [5.41, 5.74) is 5.11. The smallest absolute Gasteiger partial charge is 0.210 e. The van der Waals surface area contributed by atoms with Gasteiger partial charge < -0.3 is 14.6 Å². The molecular formula is C22H26N4O2S2. The molecule has 6 nitrogen and oxygen atoms in total. The van der Waals surface area contributed by atoms with Crippen molar-refractivity contribution in [2.24, 2.45) is 0 Å². The Kier molecular flexibility index (Phi) is 6.55. The van der Waals surface area contributed by atoms with E-state index in [4.69, 9.17) is 4.74 Å². The summed E-state index contributed by atoms with van der Waals surface area (Å²) in [5, 5.41) is 12.4. The van der Waals surface area contributed by atoms with Crippen LogP contribution in [0.5, 0.6) is 0 Å². The van der Waals surface area contributed by atoms with Gasteiger partial charge in [-0.15, -0.1) is 10.2 Å². The zero-order chi connectivity index (χ0) is 21.1. The van der Waals surface area contributed by atoms with Crippen LogP contribution in [0.25, 0.3) is 0 Å². The molecule has 1 aliphatic rings. The van der Waals surface area contributed by atoms with E-state index in [1.165, 1.54) is 28.7 Å². The number of thioether (sulfide) groups is 1. The van der Waals surface area contributed by atoms with Gasteiger partial charge in [0.25, 0.3) is 0 Å². The van der Waals surface area contributed by atoms with E-state index in [1.54, 1.807) is 0 Å². The van der Waals surface area contributed by atoms with Gasteiger partial charge in [-0.3, -0.25) is 4.79 Å². The Hall–Kier alpha value is -2.16. The molecule has 1 N–H and O–H groups in total. The number of aromatic nitrogens is 3. The van der Waals surface area contributed by atoms with E-state index >= 15 is 0 Å². The molecule has 1 atom stereocenters. The second-order valence-corrected chi connectivity index (χ2v) is 9.81. The number of Topliss-reactive ketones (excluding diaryl/α,β-unsaturated/α-hetero) is 1. The molecule has 3 heterocycles. The van der Waals surface area contributed by atoms with Crippen molar-refractivity contribution in [1.29, 1.82) is 0 Å². The lowest BCUT2D eigenvalue weighted by Crippen LogP contribution is -2.17. The van der Waals surface area contributed by atoms with Crippen LogP contribution < -0.4 is 5.32 Å². The number of ether oxygens (including phenoxy) is 1. The summed E-state index contributed by atoms with van der Waals surface area (Å²) in [7, 11) is 0. The molecule has 1 aliphatic heterocycles. The zero-order valence-corrected chi connectivity index (χ0v) is 19.1. The fraction of sp³-hybridized carbons (Fsp3) is 0.409. The van der Waals surface area contributed by atoms with E-state index in [2.05, 4.69) is 33.9 Å². The van der Waals surface area contributed by atoms with E-state index in [-0.39, 0.29) is 11.9 Å². The number of carbonyl (C=O) groups excluding carboxylic acids is 1. The van der Waals surface area contributed by atoms with E-state index in [0.717, 1.165) is 58.1 Å². The normalized spacial score (nSPS) is 16.2. The van der Waals surface area contributed by atoms with E-state index in [0.29, 0.717) is 5.75 Å². The lowest BCUT2D eigenvalue weighted by atomic mass is 10.2. The molecule has 1 aromatic carbocycles. The Labute approximate surface area is 185 Å². The van der Waals surface area contributed by atoms with Crippen molar-refractivity contribution in [1.82, 2.24) is 14.8 Å². The van der Waals surface area contributed by atoms with E-state index in [9.17, 15) is 4.79 Å². The first kappa shape index (κ1) is 21.1. The quantitative estimate of drug-likeness (QED) is 0.384. The average Bonchev–Trinajstić information content (AvgIpc) is 3.46. The summed E-state index contributed by atoms with van der Waals surface area (Å²) in [6.07, 6.45) is 2.47.